The minimum Gasteiger partial charge on any atom is -0.350 e. The molecule has 1 rings (SSSR count). The fourth-order valence-electron chi connectivity index (χ4n) is 2.18. The Morgan fingerprint density at radius 1 is 1.35 bits per heavy atom. The number of rotatable bonds is 9. The standard InChI is InChI=1S/C17H29N3/c1-6-9-18-13-15-11-16(8-3)19-17(12-15)20(10-7-2)14(4)5/h7,11-12,14,18H,2,6,8-10,13H2,1,3-5H3. The van der Waals surface area contributed by atoms with Crippen molar-refractivity contribution in [2.75, 3.05) is 18.0 Å². The maximum Gasteiger partial charge on any atom is 0.129 e. The first kappa shape index (κ1) is 16.7. The zero-order chi connectivity index (χ0) is 15.0. The highest BCUT2D eigenvalue weighted by Crippen LogP contribution is 2.18. The Balaban J connectivity index is 2.98. The summed E-state index contributed by atoms with van der Waals surface area (Å²) in [4.78, 5) is 7.06. The van der Waals surface area contributed by atoms with E-state index in [0.717, 1.165) is 44.0 Å². The smallest absolute Gasteiger partial charge is 0.129 e. The van der Waals surface area contributed by atoms with Gasteiger partial charge in [0, 0.05) is 24.8 Å². The predicted octanol–water partition coefficient (Wildman–Crippen LogP) is 3.54. The maximum absolute atomic E-state index is 4.77. The lowest BCUT2D eigenvalue weighted by Gasteiger charge is -2.27. The number of aryl methyl sites for hydroxylation is 1. The van der Waals surface area contributed by atoms with Gasteiger partial charge in [-0.1, -0.05) is 19.9 Å². The quantitative estimate of drug-likeness (QED) is 0.552. The molecular formula is C17H29N3. The third kappa shape index (κ3) is 4.97. The molecule has 1 N–H and O–H groups in total. The molecule has 0 radical (unpaired) electrons. The molecule has 0 saturated heterocycles. The topological polar surface area (TPSA) is 28.2 Å². The zero-order valence-electron chi connectivity index (χ0n) is 13.4. The van der Waals surface area contributed by atoms with Crippen molar-refractivity contribution in [1.82, 2.24) is 10.3 Å². The fraction of sp³-hybridized carbons (Fsp3) is 0.588. The number of nitrogens with zero attached hydrogens (tertiary/aromatic N) is 2. The summed E-state index contributed by atoms with van der Waals surface area (Å²) in [6.07, 6.45) is 4.07. The molecule has 0 amide bonds. The van der Waals surface area contributed by atoms with Crippen molar-refractivity contribution in [3.63, 3.8) is 0 Å². The van der Waals surface area contributed by atoms with Crippen LogP contribution in [0.25, 0.3) is 0 Å². The van der Waals surface area contributed by atoms with Gasteiger partial charge >= 0.3 is 0 Å². The van der Waals surface area contributed by atoms with Crippen LogP contribution in [0.1, 0.15) is 45.4 Å². The fourth-order valence-corrected chi connectivity index (χ4v) is 2.18. The first-order valence-electron chi connectivity index (χ1n) is 7.70. The third-order valence-corrected chi connectivity index (χ3v) is 3.29. The van der Waals surface area contributed by atoms with E-state index in [2.05, 4.69) is 56.6 Å². The van der Waals surface area contributed by atoms with E-state index < -0.39 is 0 Å². The molecule has 0 unspecified atom stereocenters. The van der Waals surface area contributed by atoms with Gasteiger partial charge in [0.2, 0.25) is 0 Å². The predicted molar refractivity (Wildman–Crippen MR) is 88.3 cm³/mol. The summed E-state index contributed by atoms with van der Waals surface area (Å²) < 4.78 is 0. The van der Waals surface area contributed by atoms with Gasteiger partial charge in [0.05, 0.1) is 0 Å². The number of nitrogens with one attached hydrogen (secondary N) is 1. The molecule has 20 heavy (non-hydrogen) atoms. The van der Waals surface area contributed by atoms with Crippen molar-refractivity contribution in [3.05, 3.63) is 36.0 Å². The second-order valence-electron chi connectivity index (χ2n) is 5.39. The van der Waals surface area contributed by atoms with Gasteiger partial charge in [0.1, 0.15) is 5.82 Å². The average molecular weight is 275 g/mol. The van der Waals surface area contributed by atoms with Gasteiger partial charge in [0.15, 0.2) is 0 Å². The Bertz CT molecular complexity index is 413. The van der Waals surface area contributed by atoms with Crippen molar-refractivity contribution in [2.45, 2.75) is 53.1 Å². The summed E-state index contributed by atoms with van der Waals surface area (Å²) in [5, 5.41) is 3.46. The van der Waals surface area contributed by atoms with E-state index in [-0.39, 0.29) is 0 Å². The summed E-state index contributed by atoms with van der Waals surface area (Å²) in [6, 6.07) is 4.83. The monoisotopic (exact) mass is 275 g/mol. The van der Waals surface area contributed by atoms with Crippen molar-refractivity contribution in [1.29, 1.82) is 0 Å². The van der Waals surface area contributed by atoms with Crippen LogP contribution in [0.2, 0.25) is 0 Å². The van der Waals surface area contributed by atoms with E-state index in [1.807, 2.05) is 6.08 Å². The molecular weight excluding hydrogens is 246 g/mol. The summed E-state index contributed by atoms with van der Waals surface area (Å²) in [5.41, 5.74) is 2.47. The summed E-state index contributed by atoms with van der Waals surface area (Å²) in [5.74, 6) is 1.06. The second-order valence-corrected chi connectivity index (χ2v) is 5.39. The lowest BCUT2D eigenvalue weighted by atomic mass is 10.1. The average Bonchev–Trinajstić information content (AvgIpc) is 2.44. The number of hydrogen-bond acceptors (Lipinski definition) is 3. The van der Waals surface area contributed by atoms with Gasteiger partial charge in [-0.05, 0) is 50.9 Å². The van der Waals surface area contributed by atoms with E-state index in [0.29, 0.717) is 6.04 Å². The highest BCUT2D eigenvalue weighted by atomic mass is 15.2. The Morgan fingerprint density at radius 2 is 2.10 bits per heavy atom. The van der Waals surface area contributed by atoms with Crippen LogP contribution >= 0.6 is 0 Å². The molecule has 0 bridgehead atoms. The zero-order valence-corrected chi connectivity index (χ0v) is 13.4. The SMILES string of the molecule is C=CCN(c1cc(CNCCC)cc(CC)n1)C(C)C. The number of anilines is 1. The van der Waals surface area contributed by atoms with Crippen LogP contribution in [-0.2, 0) is 13.0 Å². The Labute approximate surface area is 124 Å². The van der Waals surface area contributed by atoms with Crippen LogP contribution in [0.3, 0.4) is 0 Å². The molecule has 1 heterocycles. The normalized spacial score (nSPS) is 10.8. The molecule has 0 aromatic carbocycles. The highest BCUT2D eigenvalue weighted by Gasteiger charge is 2.12. The van der Waals surface area contributed by atoms with Crippen molar-refractivity contribution in [3.8, 4) is 0 Å². The maximum atomic E-state index is 4.77. The molecule has 1 aromatic rings. The molecule has 3 nitrogen and oxygen atoms in total. The number of pyridine rings is 1. The second kappa shape index (κ2) is 8.75. The van der Waals surface area contributed by atoms with E-state index in [1.54, 1.807) is 0 Å². The Hall–Kier alpha value is -1.35. The minimum atomic E-state index is 0.420. The summed E-state index contributed by atoms with van der Waals surface area (Å²) in [7, 11) is 0. The molecule has 0 saturated carbocycles. The molecule has 112 valence electrons. The van der Waals surface area contributed by atoms with Gasteiger partial charge in [-0.25, -0.2) is 4.98 Å². The molecule has 0 atom stereocenters. The van der Waals surface area contributed by atoms with Gasteiger partial charge in [-0.3, -0.25) is 0 Å². The molecule has 0 spiro atoms. The lowest BCUT2D eigenvalue weighted by molar-refractivity contribution is 0.670. The van der Waals surface area contributed by atoms with E-state index in [9.17, 15) is 0 Å². The summed E-state index contributed by atoms with van der Waals surface area (Å²) >= 11 is 0. The van der Waals surface area contributed by atoms with E-state index in [4.69, 9.17) is 4.98 Å². The molecule has 1 aromatic heterocycles. The van der Waals surface area contributed by atoms with Crippen molar-refractivity contribution >= 4 is 5.82 Å². The molecule has 0 aliphatic carbocycles. The van der Waals surface area contributed by atoms with Gasteiger partial charge in [-0.2, -0.15) is 0 Å². The van der Waals surface area contributed by atoms with Gasteiger partial charge < -0.3 is 10.2 Å². The largest absolute Gasteiger partial charge is 0.350 e. The van der Waals surface area contributed by atoms with Crippen molar-refractivity contribution in [2.24, 2.45) is 0 Å². The van der Waals surface area contributed by atoms with Crippen LogP contribution in [0.15, 0.2) is 24.8 Å². The molecule has 0 aliphatic heterocycles. The van der Waals surface area contributed by atoms with Crippen LogP contribution in [0, 0.1) is 0 Å². The van der Waals surface area contributed by atoms with Crippen molar-refractivity contribution < 1.29 is 0 Å². The highest BCUT2D eigenvalue weighted by molar-refractivity contribution is 5.44. The van der Waals surface area contributed by atoms with E-state index in [1.165, 1.54) is 5.56 Å². The number of hydrogen-bond donors (Lipinski definition) is 1. The van der Waals surface area contributed by atoms with Crippen LogP contribution in [-0.4, -0.2) is 24.1 Å². The van der Waals surface area contributed by atoms with Gasteiger partial charge in [-0.15, -0.1) is 6.58 Å². The van der Waals surface area contributed by atoms with E-state index >= 15 is 0 Å². The first-order valence-corrected chi connectivity index (χ1v) is 7.70. The third-order valence-electron chi connectivity index (χ3n) is 3.29. The molecule has 3 heteroatoms. The number of aromatic nitrogens is 1. The van der Waals surface area contributed by atoms with Crippen LogP contribution in [0.4, 0.5) is 5.82 Å². The first-order chi connectivity index (χ1) is 9.62. The Morgan fingerprint density at radius 3 is 2.65 bits per heavy atom. The molecule has 0 fully saturated rings. The van der Waals surface area contributed by atoms with Gasteiger partial charge in [0.25, 0.3) is 0 Å². The Kier molecular flexibility index (Phi) is 7.31. The van der Waals surface area contributed by atoms with Crippen LogP contribution < -0.4 is 10.2 Å². The summed E-state index contributed by atoms with van der Waals surface area (Å²) in [6.45, 7) is 15.4. The van der Waals surface area contributed by atoms with Crippen LogP contribution in [0.5, 0.6) is 0 Å². The lowest BCUT2D eigenvalue weighted by Crippen LogP contribution is -2.32. The molecule has 0 aliphatic rings. The minimum absolute atomic E-state index is 0.420.